The number of anilines is 1. The summed E-state index contributed by atoms with van der Waals surface area (Å²) in [7, 11) is 0. The van der Waals surface area contributed by atoms with Gasteiger partial charge in [-0.05, 0) is 66.6 Å². The lowest BCUT2D eigenvalue weighted by molar-refractivity contribution is -0.143. The molecule has 4 rings (SSSR count). The number of nitriles is 1. The van der Waals surface area contributed by atoms with Crippen LogP contribution in [0.15, 0.2) is 66.7 Å². The monoisotopic (exact) mass is 495 g/mol. The van der Waals surface area contributed by atoms with Gasteiger partial charge in [-0.1, -0.05) is 23.4 Å². The number of carbonyl (C=O) groups excluding carboxylic acids is 1. The third kappa shape index (κ3) is 5.33. The summed E-state index contributed by atoms with van der Waals surface area (Å²) in [6.45, 7) is 1.84. The number of halogens is 4. The van der Waals surface area contributed by atoms with E-state index in [9.17, 15) is 22.4 Å². The fourth-order valence-corrected chi connectivity index (χ4v) is 3.42. The van der Waals surface area contributed by atoms with Crippen LogP contribution < -0.4 is 10.1 Å². The van der Waals surface area contributed by atoms with E-state index in [1.165, 1.54) is 18.2 Å². The van der Waals surface area contributed by atoms with E-state index in [1.807, 2.05) is 6.07 Å². The summed E-state index contributed by atoms with van der Waals surface area (Å²) in [5, 5.41) is 18.3. The summed E-state index contributed by atoms with van der Waals surface area (Å²) in [6.07, 6.45) is -4.99. The summed E-state index contributed by atoms with van der Waals surface area (Å²) < 4.78 is 61.1. The lowest BCUT2D eigenvalue weighted by atomic mass is 10.1. The van der Waals surface area contributed by atoms with Crippen molar-refractivity contribution in [1.82, 2.24) is 15.0 Å². The number of nitrogens with zero attached hydrogens (tertiary/aromatic N) is 4. The maximum atomic E-state index is 13.8. The molecule has 36 heavy (non-hydrogen) atoms. The summed E-state index contributed by atoms with van der Waals surface area (Å²) >= 11 is 0. The summed E-state index contributed by atoms with van der Waals surface area (Å²) in [5.41, 5.74) is -0.563. The summed E-state index contributed by atoms with van der Waals surface area (Å²) in [6, 6.07) is 18.0. The van der Waals surface area contributed by atoms with Crippen molar-refractivity contribution in [2.45, 2.75) is 19.7 Å². The minimum Gasteiger partial charge on any atom is -0.489 e. The molecule has 0 unspecified atom stereocenters. The summed E-state index contributed by atoms with van der Waals surface area (Å²) in [4.78, 5) is 12.7. The number of benzene rings is 3. The van der Waals surface area contributed by atoms with E-state index in [1.54, 1.807) is 43.3 Å². The van der Waals surface area contributed by atoms with Crippen molar-refractivity contribution in [1.29, 1.82) is 5.26 Å². The zero-order valence-corrected chi connectivity index (χ0v) is 18.7. The molecule has 0 fully saturated rings. The molecule has 0 saturated heterocycles. The molecule has 0 radical (unpaired) electrons. The SMILES string of the molecule is Cc1cc(OCc2cccc(C#N)c2)ccc1NC(=O)c1nnn(-c2cccc(F)c2)c1C(F)(F)F. The van der Waals surface area contributed by atoms with Crippen molar-refractivity contribution >= 4 is 11.6 Å². The molecule has 0 saturated carbocycles. The second-order valence-corrected chi connectivity index (χ2v) is 7.71. The molecule has 11 heteroatoms. The van der Waals surface area contributed by atoms with Crippen LogP contribution in [0.5, 0.6) is 5.75 Å². The molecule has 1 heterocycles. The highest BCUT2D eigenvalue weighted by Gasteiger charge is 2.42. The van der Waals surface area contributed by atoms with E-state index in [4.69, 9.17) is 10.00 Å². The van der Waals surface area contributed by atoms with E-state index in [0.717, 1.165) is 17.7 Å². The third-order valence-electron chi connectivity index (χ3n) is 5.11. The van der Waals surface area contributed by atoms with Crippen molar-refractivity contribution < 1.29 is 27.1 Å². The smallest absolute Gasteiger partial charge is 0.435 e. The van der Waals surface area contributed by atoms with Crippen LogP contribution in [0, 0.1) is 24.1 Å². The van der Waals surface area contributed by atoms with Gasteiger partial charge in [-0.2, -0.15) is 18.4 Å². The Kier molecular flexibility index (Phi) is 6.69. The molecule has 3 aromatic carbocycles. The van der Waals surface area contributed by atoms with Crippen LogP contribution in [0.1, 0.15) is 32.9 Å². The first-order valence-electron chi connectivity index (χ1n) is 10.5. The number of carbonyl (C=O) groups is 1. The fraction of sp³-hybridized carbons (Fsp3) is 0.120. The van der Waals surface area contributed by atoms with E-state index in [0.29, 0.717) is 21.6 Å². The maximum absolute atomic E-state index is 13.8. The van der Waals surface area contributed by atoms with Crippen LogP contribution in [-0.4, -0.2) is 20.9 Å². The van der Waals surface area contributed by atoms with Gasteiger partial charge in [-0.3, -0.25) is 4.79 Å². The number of rotatable bonds is 6. The Morgan fingerprint density at radius 3 is 2.58 bits per heavy atom. The van der Waals surface area contributed by atoms with Gasteiger partial charge in [0.2, 0.25) is 0 Å². The van der Waals surface area contributed by atoms with Crippen LogP contribution in [0.4, 0.5) is 23.2 Å². The number of aromatic nitrogens is 3. The average Bonchev–Trinajstić information content (AvgIpc) is 3.31. The topological polar surface area (TPSA) is 92.8 Å². The number of aryl methyl sites for hydroxylation is 1. The van der Waals surface area contributed by atoms with Crippen LogP contribution >= 0.6 is 0 Å². The van der Waals surface area contributed by atoms with Crippen LogP contribution in [-0.2, 0) is 12.8 Å². The first-order chi connectivity index (χ1) is 17.2. The van der Waals surface area contributed by atoms with Gasteiger partial charge in [0.05, 0.1) is 17.3 Å². The standard InChI is InChI=1S/C25H17F4N5O2/c1-15-10-20(36-14-17-5-2-4-16(11-17)13-30)8-9-21(15)31-24(35)22-23(25(27,28)29)34(33-32-22)19-7-3-6-18(26)12-19/h2-12H,14H2,1H3,(H,31,35). The molecular weight excluding hydrogens is 478 g/mol. The molecule has 0 aliphatic carbocycles. The van der Waals surface area contributed by atoms with Crippen molar-refractivity contribution in [2.24, 2.45) is 0 Å². The normalized spacial score (nSPS) is 11.1. The Morgan fingerprint density at radius 2 is 1.89 bits per heavy atom. The van der Waals surface area contributed by atoms with Gasteiger partial charge < -0.3 is 10.1 Å². The Bertz CT molecular complexity index is 1470. The molecule has 1 aromatic heterocycles. The van der Waals surface area contributed by atoms with Crippen LogP contribution in [0.2, 0.25) is 0 Å². The third-order valence-corrected chi connectivity index (χ3v) is 5.11. The minimum atomic E-state index is -4.99. The predicted molar refractivity (Wildman–Crippen MR) is 121 cm³/mol. The second-order valence-electron chi connectivity index (χ2n) is 7.71. The molecule has 7 nitrogen and oxygen atoms in total. The zero-order valence-electron chi connectivity index (χ0n) is 18.7. The number of alkyl halides is 3. The quantitative estimate of drug-likeness (QED) is 0.360. The Morgan fingerprint density at radius 1 is 1.11 bits per heavy atom. The van der Waals surface area contributed by atoms with E-state index < -0.39 is 29.3 Å². The molecule has 0 aliphatic rings. The molecule has 1 N–H and O–H groups in total. The molecule has 0 bridgehead atoms. The van der Waals surface area contributed by atoms with Crippen molar-refractivity contribution in [3.05, 3.63) is 101 Å². The van der Waals surface area contributed by atoms with Crippen molar-refractivity contribution in [3.63, 3.8) is 0 Å². The molecular formula is C25H17F4N5O2. The van der Waals surface area contributed by atoms with Gasteiger partial charge in [0, 0.05) is 5.69 Å². The van der Waals surface area contributed by atoms with Gasteiger partial charge in [0.25, 0.3) is 5.91 Å². The highest BCUT2D eigenvalue weighted by atomic mass is 19.4. The number of nitrogens with one attached hydrogen (secondary N) is 1. The molecule has 0 spiro atoms. The fourth-order valence-electron chi connectivity index (χ4n) is 3.42. The molecule has 0 aliphatic heterocycles. The number of hydrogen-bond acceptors (Lipinski definition) is 5. The first-order valence-corrected chi connectivity index (χ1v) is 10.5. The van der Waals surface area contributed by atoms with Gasteiger partial charge in [-0.25, -0.2) is 9.07 Å². The van der Waals surface area contributed by atoms with E-state index >= 15 is 0 Å². The highest BCUT2D eigenvalue weighted by molar-refractivity contribution is 6.04. The predicted octanol–water partition coefficient (Wildman–Crippen LogP) is 5.44. The summed E-state index contributed by atoms with van der Waals surface area (Å²) in [5.74, 6) is -1.44. The first kappa shape index (κ1) is 24.4. The van der Waals surface area contributed by atoms with Crippen LogP contribution in [0.3, 0.4) is 0 Å². The highest BCUT2D eigenvalue weighted by Crippen LogP contribution is 2.33. The van der Waals surface area contributed by atoms with Crippen molar-refractivity contribution in [3.8, 4) is 17.5 Å². The van der Waals surface area contributed by atoms with Crippen LogP contribution in [0.25, 0.3) is 5.69 Å². The maximum Gasteiger partial charge on any atom is 0.435 e. The minimum absolute atomic E-state index is 0.193. The Labute approximate surface area is 202 Å². The van der Waals surface area contributed by atoms with E-state index in [-0.39, 0.29) is 18.0 Å². The largest absolute Gasteiger partial charge is 0.489 e. The van der Waals surface area contributed by atoms with Crippen molar-refractivity contribution in [2.75, 3.05) is 5.32 Å². The van der Waals surface area contributed by atoms with Gasteiger partial charge in [0.1, 0.15) is 18.2 Å². The van der Waals surface area contributed by atoms with E-state index in [2.05, 4.69) is 15.6 Å². The molecule has 182 valence electrons. The lowest BCUT2D eigenvalue weighted by Gasteiger charge is -2.13. The Hall–Kier alpha value is -4.72. The molecule has 4 aromatic rings. The lowest BCUT2D eigenvalue weighted by Crippen LogP contribution is -2.21. The number of hydrogen-bond donors (Lipinski definition) is 1. The Balaban J connectivity index is 1.54. The average molecular weight is 495 g/mol. The zero-order chi connectivity index (χ0) is 25.9. The molecule has 0 atom stereocenters. The molecule has 1 amide bonds. The second kappa shape index (κ2) is 9.87. The van der Waals surface area contributed by atoms with Gasteiger partial charge in [0.15, 0.2) is 11.4 Å². The van der Waals surface area contributed by atoms with Gasteiger partial charge in [-0.15, -0.1) is 5.10 Å². The number of amides is 1. The number of ether oxygens (including phenoxy) is 1. The van der Waals surface area contributed by atoms with Gasteiger partial charge >= 0.3 is 6.18 Å².